The SMILES string of the molecule is CC(C)(C)OC(=O)n1c(NC(=O)COCc2ccc(N)cc2)cc2ccccc21. The lowest BCUT2D eigenvalue weighted by Gasteiger charge is -2.21. The summed E-state index contributed by atoms with van der Waals surface area (Å²) < 4.78 is 12.3. The maximum Gasteiger partial charge on any atom is 0.420 e. The Morgan fingerprint density at radius 2 is 1.76 bits per heavy atom. The van der Waals surface area contributed by atoms with Crippen molar-refractivity contribution in [1.29, 1.82) is 0 Å². The molecule has 0 aliphatic heterocycles. The molecule has 0 spiro atoms. The van der Waals surface area contributed by atoms with Gasteiger partial charge in [-0.1, -0.05) is 30.3 Å². The predicted octanol–water partition coefficient (Wildman–Crippen LogP) is 4.16. The van der Waals surface area contributed by atoms with Crippen molar-refractivity contribution < 1.29 is 19.1 Å². The van der Waals surface area contributed by atoms with Gasteiger partial charge in [0.2, 0.25) is 0 Å². The highest BCUT2D eigenvalue weighted by Crippen LogP contribution is 2.25. The standard InChI is InChI=1S/C22H25N3O4/c1-22(2,3)29-21(27)25-18-7-5-4-6-16(18)12-19(25)24-20(26)14-28-13-15-8-10-17(23)11-9-15/h4-12H,13-14,23H2,1-3H3,(H,24,26). The highest BCUT2D eigenvalue weighted by Gasteiger charge is 2.22. The van der Waals surface area contributed by atoms with E-state index >= 15 is 0 Å². The van der Waals surface area contributed by atoms with Crippen molar-refractivity contribution in [3.05, 3.63) is 60.2 Å². The third-order valence-corrected chi connectivity index (χ3v) is 4.04. The Kier molecular flexibility index (Phi) is 5.89. The van der Waals surface area contributed by atoms with Crippen LogP contribution in [0.4, 0.5) is 16.3 Å². The molecule has 0 aliphatic carbocycles. The average molecular weight is 395 g/mol. The molecule has 3 rings (SSSR count). The summed E-state index contributed by atoms with van der Waals surface area (Å²) in [7, 11) is 0. The van der Waals surface area contributed by atoms with E-state index in [1.807, 2.05) is 30.3 Å². The van der Waals surface area contributed by atoms with E-state index in [1.54, 1.807) is 45.0 Å². The number of amides is 1. The fraction of sp³-hybridized carbons (Fsp3) is 0.273. The lowest BCUT2D eigenvalue weighted by molar-refractivity contribution is -0.121. The number of nitrogens with one attached hydrogen (secondary N) is 1. The van der Waals surface area contributed by atoms with Gasteiger partial charge in [0.1, 0.15) is 18.0 Å². The van der Waals surface area contributed by atoms with Gasteiger partial charge in [-0.2, -0.15) is 0 Å². The quantitative estimate of drug-likeness (QED) is 0.633. The average Bonchev–Trinajstić information content (AvgIpc) is 2.99. The van der Waals surface area contributed by atoms with Gasteiger partial charge in [-0.05, 0) is 50.6 Å². The fourth-order valence-corrected chi connectivity index (χ4v) is 2.81. The molecule has 29 heavy (non-hydrogen) atoms. The van der Waals surface area contributed by atoms with E-state index in [0.29, 0.717) is 17.0 Å². The summed E-state index contributed by atoms with van der Waals surface area (Å²) in [6, 6.07) is 16.3. The van der Waals surface area contributed by atoms with Crippen LogP contribution in [0.25, 0.3) is 10.9 Å². The Bertz CT molecular complexity index is 1020. The lowest BCUT2D eigenvalue weighted by atomic mass is 10.2. The number of rotatable bonds is 5. The van der Waals surface area contributed by atoms with Gasteiger partial charge < -0.3 is 20.5 Å². The van der Waals surface area contributed by atoms with Crippen LogP contribution in [0.3, 0.4) is 0 Å². The number of carbonyl (C=O) groups is 2. The van der Waals surface area contributed by atoms with Gasteiger partial charge >= 0.3 is 6.09 Å². The number of nitrogens with zero attached hydrogens (tertiary/aromatic N) is 1. The summed E-state index contributed by atoms with van der Waals surface area (Å²) in [5, 5.41) is 3.56. The van der Waals surface area contributed by atoms with Crippen LogP contribution < -0.4 is 11.1 Å². The molecule has 1 amide bonds. The van der Waals surface area contributed by atoms with Crippen molar-refractivity contribution in [2.75, 3.05) is 17.7 Å². The zero-order chi connectivity index (χ0) is 21.0. The zero-order valence-corrected chi connectivity index (χ0v) is 16.8. The van der Waals surface area contributed by atoms with E-state index < -0.39 is 11.7 Å². The molecule has 7 heteroatoms. The van der Waals surface area contributed by atoms with E-state index in [0.717, 1.165) is 10.9 Å². The van der Waals surface area contributed by atoms with E-state index in [9.17, 15) is 9.59 Å². The topological polar surface area (TPSA) is 95.6 Å². The molecule has 3 aromatic rings. The number of nitrogen functional groups attached to an aromatic ring is 1. The Balaban J connectivity index is 1.71. The van der Waals surface area contributed by atoms with Gasteiger partial charge in [0.05, 0.1) is 12.1 Å². The minimum atomic E-state index is -0.661. The summed E-state index contributed by atoms with van der Waals surface area (Å²) in [5.41, 5.74) is 7.22. The molecule has 0 saturated carbocycles. The Labute approximate surface area is 169 Å². The number of hydrogen-bond acceptors (Lipinski definition) is 5. The molecule has 3 N–H and O–H groups in total. The van der Waals surface area contributed by atoms with Crippen molar-refractivity contribution in [2.45, 2.75) is 33.0 Å². The van der Waals surface area contributed by atoms with Gasteiger partial charge in [0.25, 0.3) is 5.91 Å². The van der Waals surface area contributed by atoms with Crippen LogP contribution in [-0.4, -0.2) is 28.8 Å². The number of anilines is 2. The molecule has 1 aromatic heterocycles. The van der Waals surface area contributed by atoms with Crippen LogP contribution in [0.5, 0.6) is 0 Å². The number of carbonyl (C=O) groups excluding carboxylic acids is 2. The first-order valence-corrected chi connectivity index (χ1v) is 9.29. The molecule has 0 fully saturated rings. The van der Waals surface area contributed by atoms with E-state index in [2.05, 4.69) is 5.32 Å². The van der Waals surface area contributed by atoms with E-state index in [-0.39, 0.29) is 19.1 Å². The maximum atomic E-state index is 12.7. The van der Waals surface area contributed by atoms with Gasteiger partial charge in [-0.15, -0.1) is 0 Å². The Morgan fingerprint density at radius 1 is 1.07 bits per heavy atom. The molecule has 0 aliphatic rings. The molecular formula is C22H25N3O4. The predicted molar refractivity (Wildman–Crippen MR) is 113 cm³/mol. The molecule has 152 valence electrons. The third-order valence-electron chi connectivity index (χ3n) is 4.04. The normalized spacial score (nSPS) is 11.4. The number of benzene rings is 2. The van der Waals surface area contributed by atoms with Crippen molar-refractivity contribution in [3.63, 3.8) is 0 Å². The number of aromatic nitrogens is 1. The number of para-hydroxylation sites is 1. The molecular weight excluding hydrogens is 370 g/mol. The van der Waals surface area contributed by atoms with Gasteiger partial charge in [0.15, 0.2) is 0 Å². The van der Waals surface area contributed by atoms with Crippen LogP contribution in [0.1, 0.15) is 26.3 Å². The van der Waals surface area contributed by atoms with Crippen molar-refractivity contribution in [2.24, 2.45) is 0 Å². The fourth-order valence-electron chi connectivity index (χ4n) is 2.81. The largest absolute Gasteiger partial charge is 0.443 e. The van der Waals surface area contributed by atoms with Crippen LogP contribution >= 0.6 is 0 Å². The molecule has 0 bridgehead atoms. The van der Waals surface area contributed by atoms with Crippen LogP contribution in [0.15, 0.2) is 54.6 Å². The zero-order valence-electron chi connectivity index (χ0n) is 16.8. The molecule has 0 unspecified atom stereocenters. The number of nitrogens with two attached hydrogens (primary N) is 1. The van der Waals surface area contributed by atoms with E-state index in [4.69, 9.17) is 15.2 Å². The monoisotopic (exact) mass is 395 g/mol. The molecule has 1 heterocycles. The lowest BCUT2D eigenvalue weighted by Crippen LogP contribution is -2.29. The number of fused-ring (bicyclic) bond motifs is 1. The Hall–Kier alpha value is -3.32. The van der Waals surface area contributed by atoms with Crippen LogP contribution in [0.2, 0.25) is 0 Å². The van der Waals surface area contributed by atoms with Gasteiger partial charge in [-0.3, -0.25) is 4.79 Å². The molecule has 0 radical (unpaired) electrons. The first kappa shape index (κ1) is 20.4. The number of hydrogen-bond donors (Lipinski definition) is 2. The maximum absolute atomic E-state index is 12.7. The second kappa shape index (κ2) is 8.36. The Morgan fingerprint density at radius 3 is 2.45 bits per heavy atom. The molecule has 7 nitrogen and oxygen atoms in total. The second-order valence-corrected chi connectivity index (χ2v) is 7.69. The minimum absolute atomic E-state index is 0.153. The summed E-state index contributed by atoms with van der Waals surface area (Å²) in [6.45, 7) is 5.50. The second-order valence-electron chi connectivity index (χ2n) is 7.69. The van der Waals surface area contributed by atoms with Crippen LogP contribution in [-0.2, 0) is 20.9 Å². The molecule has 2 aromatic carbocycles. The number of ether oxygens (including phenoxy) is 2. The van der Waals surface area contributed by atoms with Gasteiger partial charge in [-0.25, -0.2) is 9.36 Å². The van der Waals surface area contributed by atoms with Crippen molar-refractivity contribution in [3.8, 4) is 0 Å². The first-order valence-electron chi connectivity index (χ1n) is 9.29. The summed E-state index contributed by atoms with van der Waals surface area (Å²) in [4.78, 5) is 25.1. The highest BCUT2D eigenvalue weighted by atomic mass is 16.6. The third kappa shape index (κ3) is 5.36. The highest BCUT2D eigenvalue weighted by molar-refractivity contribution is 6.00. The summed E-state index contributed by atoms with van der Waals surface area (Å²) in [5.74, 6) is -0.0328. The minimum Gasteiger partial charge on any atom is -0.443 e. The van der Waals surface area contributed by atoms with Crippen molar-refractivity contribution in [1.82, 2.24) is 4.57 Å². The molecule has 0 saturated heterocycles. The first-order chi connectivity index (χ1) is 13.7. The van der Waals surface area contributed by atoms with Gasteiger partial charge in [0, 0.05) is 11.1 Å². The van der Waals surface area contributed by atoms with E-state index in [1.165, 1.54) is 4.57 Å². The summed E-state index contributed by atoms with van der Waals surface area (Å²) >= 11 is 0. The smallest absolute Gasteiger partial charge is 0.420 e. The van der Waals surface area contributed by atoms with Crippen LogP contribution in [0, 0.1) is 0 Å². The molecule has 0 atom stereocenters. The van der Waals surface area contributed by atoms with Crippen molar-refractivity contribution >= 4 is 34.4 Å². The summed E-state index contributed by atoms with van der Waals surface area (Å²) in [6.07, 6.45) is -0.559.